The first-order valence-corrected chi connectivity index (χ1v) is 9.51. The highest BCUT2D eigenvalue weighted by molar-refractivity contribution is 8.18. The molecule has 1 aromatic heterocycles. The summed E-state index contributed by atoms with van der Waals surface area (Å²) in [5, 5.41) is 3.62. The molecule has 4 rings (SSSR count). The van der Waals surface area contributed by atoms with E-state index in [0.29, 0.717) is 4.91 Å². The van der Waals surface area contributed by atoms with Crippen LogP contribution in [0.1, 0.15) is 11.1 Å². The van der Waals surface area contributed by atoms with Gasteiger partial charge in [0, 0.05) is 17.1 Å². The highest BCUT2D eigenvalue weighted by atomic mass is 35.5. The number of hydrogen-bond acceptors (Lipinski definition) is 4. The Hall–Kier alpha value is -2.84. The van der Waals surface area contributed by atoms with Crippen LogP contribution >= 0.6 is 23.4 Å². The lowest BCUT2D eigenvalue weighted by Crippen LogP contribution is -2.19. The molecule has 2 aromatic carbocycles. The number of carbonyl (C=O) groups is 1. The van der Waals surface area contributed by atoms with E-state index in [1.807, 2.05) is 30.3 Å². The molecule has 29 heavy (non-hydrogen) atoms. The second-order valence-electron chi connectivity index (χ2n) is 6.07. The molecule has 1 N–H and O–H groups in total. The van der Waals surface area contributed by atoms with E-state index in [4.69, 9.17) is 11.6 Å². The molecule has 4 nitrogen and oxygen atoms in total. The summed E-state index contributed by atoms with van der Waals surface area (Å²) < 4.78 is 38.3. The number of benzene rings is 2. The van der Waals surface area contributed by atoms with E-state index < -0.39 is 11.7 Å². The van der Waals surface area contributed by atoms with Crippen LogP contribution in [0.5, 0.6) is 0 Å². The largest absolute Gasteiger partial charge is 0.416 e. The SMILES string of the molecule is O=C1NC(=Nc2ccc(C(F)(F)F)cc2Cl)SC1=Cc1cccc2cccnc12. The molecular weight excluding hydrogens is 423 g/mol. The quantitative estimate of drug-likeness (QED) is 0.520. The molecule has 1 fully saturated rings. The van der Waals surface area contributed by atoms with Gasteiger partial charge in [-0.3, -0.25) is 9.78 Å². The molecule has 146 valence electrons. The van der Waals surface area contributed by atoms with E-state index in [9.17, 15) is 18.0 Å². The molecule has 0 spiro atoms. The second-order valence-corrected chi connectivity index (χ2v) is 7.51. The van der Waals surface area contributed by atoms with E-state index in [1.54, 1.807) is 12.3 Å². The maximum absolute atomic E-state index is 12.8. The van der Waals surface area contributed by atoms with Gasteiger partial charge >= 0.3 is 6.18 Å². The van der Waals surface area contributed by atoms with Gasteiger partial charge in [-0.1, -0.05) is 35.9 Å². The molecule has 1 amide bonds. The predicted octanol–water partition coefficient (Wildman–Crippen LogP) is 5.80. The number of halogens is 4. The van der Waals surface area contributed by atoms with Gasteiger partial charge in [0.2, 0.25) is 0 Å². The zero-order valence-corrected chi connectivity index (χ0v) is 16.1. The number of para-hydroxylation sites is 1. The summed E-state index contributed by atoms with van der Waals surface area (Å²) in [6.45, 7) is 0. The number of rotatable bonds is 2. The topological polar surface area (TPSA) is 54.4 Å². The number of carbonyl (C=O) groups excluding carboxylic acids is 1. The maximum Gasteiger partial charge on any atom is 0.416 e. The number of aliphatic imine (C=N–C) groups is 1. The van der Waals surface area contributed by atoms with Gasteiger partial charge in [0.1, 0.15) is 0 Å². The highest BCUT2D eigenvalue weighted by Crippen LogP contribution is 2.36. The Morgan fingerprint density at radius 2 is 1.93 bits per heavy atom. The Balaban J connectivity index is 1.63. The number of thioether (sulfide) groups is 1. The van der Waals surface area contributed by atoms with Gasteiger partial charge in [0.15, 0.2) is 5.17 Å². The Morgan fingerprint density at radius 3 is 2.69 bits per heavy atom. The van der Waals surface area contributed by atoms with E-state index in [0.717, 1.165) is 40.4 Å². The normalized spacial score (nSPS) is 17.3. The van der Waals surface area contributed by atoms with E-state index in [1.165, 1.54) is 6.07 Å². The number of amidine groups is 1. The molecule has 3 aromatic rings. The van der Waals surface area contributed by atoms with Crippen LogP contribution in [0.3, 0.4) is 0 Å². The summed E-state index contributed by atoms with van der Waals surface area (Å²) in [6, 6.07) is 12.3. The van der Waals surface area contributed by atoms with Crippen LogP contribution in [0, 0.1) is 0 Å². The summed E-state index contributed by atoms with van der Waals surface area (Å²) in [6.07, 6.45) is -1.12. The summed E-state index contributed by atoms with van der Waals surface area (Å²) in [4.78, 5) is 21.2. The van der Waals surface area contributed by atoms with Crippen LogP contribution in [-0.4, -0.2) is 16.1 Å². The fourth-order valence-corrected chi connectivity index (χ4v) is 3.80. The molecule has 9 heteroatoms. The van der Waals surface area contributed by atoms with Crippen molar-refractivity contribution in [3.8, 4) is 0 Å². The van der Waals surface area contributed by atoms with Crippen molar-refractivity contribution < 1.29 is 18.0 Å². The molecule has 0 aliphatic carbocycles. The van der Waals surface area contributed by atoms with Crippen molar-refractivity contribution in [2.45, 2.75) is 6.18 Å². The highest BCUT2D eigenvalue weighted by Gasteiger charge is 2.31. The van der Waals surface area contributed by atoms with Crippen LogP contribution in [0.2, 0.25) is 5.02 Å². The molecular formula is C20H11ClF3N3OS. The van der Waals surface area contributed by atoms with Crippen LogP contribution in [0.4, 0.5) is 18.9 Å². The minimum Gasteiger partial charge on any atom is -0.300 e. The van der Waals surface area contributed by atoms with Crippen molar-refractivity contribution in [2.24, 2.45) is 4.99 Å². The number of pyridine rings is 1. The van der Waals surface area contributed by atoms with Crippen LogP contribution in [0.15, 0.2) is 64.6 Å². The van der Waals surface area contributed by atoms with Crippen LogP contribution in [0.25, 0.3) is 17.0 Å². The smallest absolute Gasteiger partial charge is 0.300 e. The molecule has 2 heterocycles. The van der Waals surface area contributed by atoms with E-state index in [-0.39, 0.29) is 21.8 Å². The third-order valence-electron chi connectivity index (χ3n) is 4.10. The summed E-state index contributed by atoms with van der Waals surface area (Å²) in [5.41, 5.74) is 0.802. The number of nitrogens with zero attached hydrogens (tertiary/aromatic N) is 2. The molecule has 1 aliphatic heterocycles. The fraction of sp³-hybridized carbons (Fsp3) is 0.0500. The molecule has 0 bridgehead atoms. The van der Waals surface area contributed by atoms with Crippen molar-refractivity contribution >= 4 is 57.1 Å². The zero-order chi connectivity index (χ0) is 20.6. The maximum atomic E-state index is 12.8. The minimum atomic E-state index is -4.49. The molecule has 0 atom stereocenters. The summed E-state index contributed by atoms with van der Waals surface area (Å²) >= 11 is 7.01. The Labute approximate surface area is 172 Å². The Morgan fingerprint density at radius 1 is 1.14 bits per heavy atom. The van der Waals surface area contributed by atoms with Gasteiger partial charge in [0.25, 0.3) is 5.91 Å². The minimum absolute atomic E-state index is 0.135. The van der Waals surface area contributed by atoms with Crippen molar-refractivity contribution in [1.82, 2.24) is 10.3 Å². The number of hydrogen-bond donors (Lipinski definition) is 1. The number of fused-ring (bicyclic) bond motifs is 1. The lowest BCUT2D eigenvalue weighted by Gasteiger charge is -2.07. The molecule has 0 radical (unpaired) electrons. The number of amides is 1. The monoisotopic (exact) mass is 433 g/mol. The van der Waals surface area contributed by atoms with Crippen molar-refractivity contribution in [3.63, 3.8) is 0 Å². The number of nitrogens with one attached hydrogen (secondary N) is 1. The summed E-state index contributed by atoms with van der Waals surface area (Å²) in [7, 11) is 0. The Kier molecular flexibility index (Phi) is 5.06. The first kappa shape index (κ1) is 19.5. The number of aromatic nitrogens is 1. The molecule has 0 saturated carbocycles. The van der Waals surface area contributed by atoms with Crippen molar-refractivity contribution in [3.05, 3.63) is 75.8 Å². The first-order chi connectivity index (χ1) is 13.8. The van der Waals surface area contributed by atoms with Gasteiger partial charge in [-0.15, -0.1) is 0 Å². The molecule has 0 unspecified atom stereocenters. The predicted molar refractivity (Wildman–Crippen MR) is 109 cm³/mol. The van der Waals surface area contributed by atoms with E-state index in [2.05, 4.69) is 15.3 Å². The zero-order valence-electron chi connectivity index (χ0n) is 14.5. The Bertz CT molecular complexity index is 1190. The van der Waals surface area contributed by atoms with Crippen molar-refractivity contribution in [2.75, 3.05) is 0 Å². The van der Waals surface area contributed by atoms with Crippen molar-refractivity contribution in [1.29, 1.82) is 0 Å². The second kappa shape index (κ2) is 7.53. The van der Waals surface area contributed by atoms with Gasteiger partial charge in [0.05, 0.1) is 26.7 Å². The number of alkyl halides is 3. The average molecular weight is 434 g/mol. The third kappa shape index (κ3) is 4.13. The average Bonchev–Trinajstić information content (AvgIpc) is 3.02. The van der Waals surface area contributed by atoms with Gasteiger partial charge in [-0.05, 0) is 42.1 Å². The van der Waals surface area contributed by atoms with E-state index >= 15 is 0 Å². The van der Waals surface area contributed by atoms with Gasteiger partial charge in [-0.2, -0.15) is 13.2 Å². The fourth-order valence-electron chi connectivity index (χ4n) is 2.75. The lowest BCUT2D eigenvalue weighted by molar-refractivity contribution is -0.137. The molecule has 1 aliphatic rings. The van der Waals surface area contributed by atoms with Gasteiger partial charge < -0.3 is 5.32 Å². The van der Waals surface area contributed by atoms with Gasteiger partial charge in [-0.25, -0.2) is 4.99 Å². The summed E-state index contributed by atoms with van der Waals surface area (Å²) in [5.74, 6) is -0.357. The lowest BCUT2D eigenvalue weighted by atomic mass is 10.1. The first-order valence-electron chi connectivity index (χ1n) is 8.31. The van der Waals surface area contributed by atoms with Crippen LogP contribution in [-0.2, 0) is 11.0 Å². The van der Waals surface area contributed by atoms with Crippen LogP contribution < -0.4 is 5.32 Å². The molecule has 1 saturated heterocycles. The third-order valence-corrected chi connectivity index (χ3v) is 5.31. The standard InChI is InChI=1S/C20H11ClF3N3OS/c21-14-10-13(20(22,23)24)6-7-15(14)26-19-27-18(28)16(29-19)9-12-4-1-3-11-5-2-8-25-17(11)12/h1-10H,(H,26,27,28).